The molecule has 0 saturated carbocycles. The van der Waals surface area contributed by atoms with Crippen molar-refractivity contribution in [2.45, 2.75) is 26.2 Å². The summed E-state index contributed by atoms with van der Waals surface area (Å²) >= 11 is 0. The number of rotatable bonds is 6. The third-order valence-electron chi connectivity index (χ3n) is 2.59. The lowest BCUT2D eigenvalue weighted by Gasteiger charge is -2.30. The predicted molar refractivity (Wildman–Crippen MR) is 64.1 cm³/mol. The van der Waals surface area contributed by atoms with Gasteiger partial charge in [-0.2, -0.15) is 0 Å². The van der Waals surface area contributed by atoms with Crippen LogP contribution in [0, 0.1) is 0 Å². The summed E-state index contributed by atoms with van der Waals surface area (Å²) < 4.78 is 16.1. The van der Waals surface area contributed by atoms with Gasteiger partial charge in [-0.25, -0.2) is 0 Å². The number of methoxy groups -OCH3 is 2. The molecule has 1 aromatic rings. The molecule has 0 N–H and O–H groups in total. The van der Waals surface area contributed by atoms with E-state index in [9.17, 15) is 4.79 Å². The molecule has 0 heterocycles. The van der Waals surface area contributed by atoms with Gasteiger partial charge in [-0.3, -0.25) is 4.79 Å². The zero-order chi connectivity index (χ0) is 12.9. The molecule has 1 rings (SSSR count). The smallest absolute Gasteiger partial charge is 0.326 e. The first-order chi connectivity index (χ1) is 8.08. The van der Waals surface area contributed by atoms with Crippen molar-refractivity contribution < 1.29 is 19.0 Å². The molecule has 4 heteroatoms. The van der Waals surface area contributed by atoms with Crippen LogP contribution in [0.5, 0.6) is 5.75 Å². The number of hydrogen-bond donors (Lipinski definition) is 0. The fourth-order valence-corrected chi connectivity index (χ4v) is 1.54. The molecule has 0 saturated heterocycles. The van der Waals surface area contributed by atoms with E-state index in [1.165, 1.54) is 21.1 Å². The highest BCUT2D eigenvalue weighted by atomic mass is 16.9. The highest BCUT2D eigenvalue weighted by Gasteiger charge is 2.31. The molecule has 0 aromatic heterocycles. The van der Waals surface area contributed by atoms with Gasteiger partial charge in [-0.05, 0) is 19.1 Å². The Hall–Kier alpha value is -1.39. The molecular formula is C13H18O4. The summed E-state index contributed by atoms with van der Waals surface area (Å²) in [6, 6.07) is 7.02. The van der Waals surface area contributed by atoms with Crippen LogP contribution in [-0.2, 0) is 9.47 Å². The van der Waals surface area contributed by atoms with Crippen LogP contribution in [0.25, 0.3) is 0 Å². The number of para-hydroxylation sites is 1. The van der Waals surface area contributed by atoms with Crippen LogP contribution in [0.2, 0.25) is 0 Å². The maximum Gasteiger partial charge on any atom is 0.326 e. The molecule has 0 unspecified atom stereocenters. The lowest BCUT2D eigenvalue weighted by atomic mass is 10.1. The number of carbonyl (C=O) groups excluding carboxylic acids is 1. The second kappa shape index (κ2) is 5.80. The monoisotopic (exact) mass is 238 g/mol. The van der Waals surface area contributed by atoms with Crippen molar-refractivity contribution >= 4 is 5.78 Å². The van der Waals surface area contributed by atoms with E-state index in [4.69, 9.17) is 14.2 Å². The Morgan fingerprint density at radius 2 is 1.82 bits per heavy atom. The largest absolute Gasteiger partial charge is 0.438 e. The first kappa shape index (κ1) is 13.7. The van der Waals surface area contributed by atoms with Crippen molar-refractivity contribution in [3.63, 3.8) is 0 Å². The molecule has 0 spiro atoms. The van der Waals surface area contributed by atoms with E-state index in [1.54, 1.807) is 24.3 Å². The maximum absolute atomic E-state index is 11.5. The Balaban J connectivity index is 3.05. The standard InChI is InChI=1S/C13H18O4/c1-5-13(15-3,16-4)17-12-9-7-6-8-11(12)10(2)14/h6-9H,5H2,1-4H3. The summed E-state index contributed by atoms with van der Waals surface area (Å²) in [7, 11) is 3.01. The Bertz CT molecular complexity index is 374. The fourth-order valence-electron chi connectivity index (χ4n) is 1.54. The van der Waals surface area contributed by atoms with Crippen LogP contribution in [0.3, 0.4) is 0 Å². The van der Waals surface area contributed by atoms with Crippen LogP contribution >= 0.6 is 0 Å². The predicted octanol–water partition coefficient (Wildman–Crippen LogP) is 2.62. The van der Waals surface area contributed by atoms with Crippen LogP contribution in [0.4, 0.5) is 0 Å². The topological polar surface area (TPSA) is 44.8 Å². The lowest BCUT2D eigenvalue weighted by Crippen LogP contribution is -2.39. The summed E-state index contributed by atoms with van der Waals surface area (Å²) in [5, 5.41) is 0. The van der Waals surface area contributed by atoms with Crippen LogP contribution in [0.15, 0.2) is 24.3 Å². The maximum atomic E-state index is 11.5. The minimum atomic E-state index is -1.15. The van der Waals surface area contributed by atoms with Gasteiger partial charge in [0.05, 0.1) is 5.56 Å². The number of benzene rings is 1. The quantitative estimate of drug-likeness (QED) is 0.564. The zero-order valence-corrected chi connectivity index (χ0v) is 10.6. The SMILES string of the molecule is CCC(OC)(OC)Oc1ccccc1C(C)=O. The van der Waals surface area contributed by atoms with Gasteiger partial charge in [0.15, 0.2) is 5.78 Å². The highest BCUT2D eigenvalue weighted by Crippen LogP contribution is 2.26. The summed E-state index contributed by atoms with van der Waals surface area (Å²) in [6.07, 6.45) is 0.506. The van der Waals surface area contributed by atoms with Gasteiger partial charge in [-0.1, -0.05) is 19.1 Å². The number of Topliss-reactive ketones (excluding diaryl/α,β-unsaturated/α-hetero) is 1. The van der Waals surface area contributed by atoms with Crippen molar-refractivity contribution in [1.29, 1.82) is 0 Å². The van der Waals surface area contributed by atoms with Gasteiger partial charge >= 0.3 is 5.97 Å². The normalized spacial score (nSPS) is 11.3. The summed E-state index contributed by atoms with van der Waals surface area (Å²) in [5.41, 5.74) is 0.513. The van der Waals surface area contributed by atoms with Crippen LogP contribution < -0.4 is 4.74 Å². The van der Waals surface area contributed by atoms with E-state index in [1.807, 2.05) is 6.92 Å². The van der Waals surface area contributed by atoms with Crippen molar-refractivity contribution in [2.75, 3.05) is 14.2 Å². The second-order valence-electron chi connectivity index (χ2n) is 3.60. The molecule has 0 bridgehead atoms. The minimum Gasteiger partial charge on any atom is -0.438 e. The first-order valence-corrected chi connectivity index (χ1v) is 5.48. The van der Waals surface area contributed by atoms with Crippen molar-refractivity contribution in [1.82, 2.24) is 0 Å². The van der Waals surface area contributed by atoms with Crippen LogP contribution in [-0.4, -0.2) is 26.0 Å². The molecule has 0 aliphatic heterocycles. The number of hydrogen-bond acceptors (Lipinski definition) is 4. The van der Waals surface area contributed by atoms with E-state index in [0.29, 0.717) is 17.7 Å². The molecule has 0 aliphatic rings. The molecule has 4 nitrogen and oxygen atoms in total. The molecule has 1 aromatic carbocycles. The first-order valence-electron chi connectivity index (χ1n) is 5.48. The van der Waals surface area contributed by atoms with Crippen molar-refractivity contribution in [3.05, 3.63) is 29.8 Å². The van der Waals surface area contributed by atoms with Gasteiger partial charge < -0.3 is 14.2 Å². The molecule has 17 heavy (non-hydrogen) atoms. The molecule has 0 radical (unpaired) electrons. The number of ketones is 1. The lowest BCUT2D eigenvalue weighted by molar-refractivity contribution is -0.322. The Kier molecular flexibility index (Phi) is 4.66. The Morgan fingerprint density at radius 1 is 1.24 bits per heavy atom. The third-order valence-corrected chi connectivity index (χ3v) is 2.59. The molecule has 0 aliphatic carbocycles. The van der Waals surface area contributed by atoms with E-state index in [0.717, 1.165) is 0 Å². The Morgan fingerprint density at radius 3 is 2.29 bits per heavy atom. The van der Waals surface area contributed by atoms with Gasteiger partial charge in [-0.15, -0.1) is 0 Å². The zero-order valence-electron chi connectivity index (χ0n) is 10.6. The van der Waals surface area contributed by atoms with E-state index >= 15 is 0 Å². The summed E-state index contributed by atoms with van der Waals surface area (Å²) in [6.45, 7) is 3.37. The second-order valence-corrected chi connectivity index (χ2v) is 3.60. The summed E-state index contributed by atoms with van der Waals surface area (Å²) in [4.78, 5) is 11.5. The number of ether oxygens (including phenoxy) is 3. The van der Waals surface area contributed by atoms with Crippen molar-refractivity contribution in [2.24, 2.45) is 0 Å². The fraction of sp³-hybridized carbons (Fsp3) is 0.462. The molecule has 0 amide bonds. The minimum absolute atomic E-state index is 0.0576. The summed E-state index contributed by atoms with van der Waals surface area (Å²) in [5.74, 6) is -0.741. The van der Waals surface area contributed by atoms with Gasteiger partial charge in [0.1, 0.15) is 5.75 Å². The highest BCUT2D eigenvalue weighted by molar-refractivity contribution is 5.96. The van der Waals surface area contributed by atoms with Gasteiger partial charge in [0, 0.05) is 20.6 Å². The van der Waals surface area contributed by atoms with Gasteiger partial charge in [0.25, 0.3) is 0 Å². The average Bonchev–Trinajstić information content (AvgIpc) is 2.36. The third kappa shape index (κ3) is 3.05. The van der Waals surface area contributed by atoms with E-state index < -0.39 is 5.97 Å². The number of carbonyl (C=O) groups is 1. The Labute approximate surface area is 101 Å². The van der Waals surface area contributed by atoms with E-state index in [-0.39, 0.29) is 5.78 Å². The van der Waals surface area contributed by atoms with Crippen LogP contribution in [0.1, 0.15) is 30.6 Å². The molecule has 0 atom stereocenters. The average molecular weight is 238 g/mol. The van der Waals surface area contributed by atoms with Gasteiger partial charge in [0.2, 0.25) is 0 Å². The molecular weight excluding hydrogens is 220 g/mol. The van der Waals surface area contributed by atoms with Crippen molar-refractivity contribution in [3.8, 4) is 5.75 Å². The van der Waals surface area contributed by atoms with E-state index in [2.05, 4.69) is 0 Å². The molecule has 0 fully saturated rings. The molecule has 94 valence electrons.